The number of alkyl halides is 7. The van der Waals surface area contributed by atoms with Gasteiger partial charge in [-0.3, -0.25) is 0 Å². The summed E-state index contributed by atoms with van der Waals surface area (Å²) >= 11 is 0. The largest absolute Gasteiger partial charge is 0.429 e. The summed E-state index contributed by atoms with van der Waals surface area (Å²) in [6.07, 6.45) is -5.06. The average Bonchev–Trinajstić information content (AvgIpc) is 2.82. The van der Waals surface area contributed by atoms with Gasteiger partial charge < -0.3 is 9.47 Å². The number of rotatable bonds is 12. The second kappa shape index (κ2) is 12.7. The van der Waals surface area contributed by atoms with Crippen molar-refractivity contribution >= 4 is 0 Å². The lowest BCUT2D eigenvalue weighted by Crippen LogP contribution is -2.30. The molecule has 40 heavy (non-hydrogen) atoms. The van der Waals surface area contributed by atoms with Crippen LogP contribution in [0.4, 0.5) is 43.9 Å². The fourth-order valence-electron chi connectivity index (χ4n) is 4.54. The fourth-order valence-corrected chi connectivity index (χ4v) is 4.54. The number of allylic oxidation sites excluding steroid dienone is 1. The van der Waals surface area contributed by atoms with E-state index < -0.39 is 58.5 Å². The molecule has 222 valence electrons. The minimum absolute atomic E-state index is 0.0549. The molecule has 0 spiro atoms. The Balaban J connectivity index is 1.66. The van der Waals surface area contributed by atoms with Crippen LogP contribution < -0.4 is 9.47 Å². The molecule has 0 aromatic heterocycles. The third-order valence-corrected chi connectivity index (χ3v) is 6.65. The quantitative estimate of drug-likeness (QED) is 0.140. The van der Waals surface area contributed by atoms with Crippen molar-refractivity contribution in [3.05, 3.63) is 70.6 Å². The van der Waals surface area contributed by atoms with Crippen LogP contribution >= 0.6 is 0 Å². The van der Waals surface area contributed by atoms with E-state index in [4.69, 9.17) is 0 Å². The number of ether oxygens (including phenoxy) is 2. The summed E-state index contributed by atoms with van der Waals surface area (Å²) in [7, 11) is 0. The minimum atomic E-state index is -5.44. The van der Waals surface area contributed by atoms with Crippen LogP contribution in [0.25, 0.3) is 0 Å². The zero-order valence-electron chi connectivity index (χ0n) is 21.5. The Morgan fingerprint density at radius 1 is 0.750 bits per heavy atom. The highest BCUT2D eigenvalue weighted by Crippen LogP contribution is 2.41. The molecule has 1 atom stereocenters. The van der Waals surface area contributed by atoms with E-state index >= 15 is 0 Å². The Hall–Kier alpha value is -2.92. The summed E-state index contributed by atoms with van der Waals surface area (Å²) in [5.41, 5.74) is -4.15. The van der Waals surface area contributed by atoms with Crippen molar-refractivity contribution in [3.8, 4) is 11.5 Å². The Labute approximate surface area is 225 Å². The van der Waals surface area contributed by atoms with Crippen molar-refractivity contribution in [2.24, 2.45) is 5.92 Å². The summed E-state index contributed by atoms with van der Waals surface area (Å²) in [6, 6.07) is 0.980. The lowest BCUT2D eigenvalue weighted by molar-refractivity contribution is -0.187. The van der Waals surface area contributed by atoms with Crippen molar-refractivity contribution in [1.82, 2.24) is 0 Å². The predicted molar refractivity (Wildman–Crippen MR) is 127 cm³/mol. The minimum Gasteiger partial charge on any atom is -0.429 e. The fraction of sp³-hybridized carbons (Fsp3) is 0.500. The van der Waals surface area contributed by atoms with Crippen LogP contribution in [0, 0.1) is 23.4 Å². The van der Waals surface area contributed by atoms with E-state index in [2.05, 4.69) is 16.4 Å². The van der Waals surface area contributed by atoms with Crippen LogP contribution in [-0.2, 0) is 12.3 Å². The molecule has 1 aliphatic carbocycles. The lowest BCUT2D eigenvalue weighted by Gasteiger charge is -2.27. The van der Waals surface area contributed by atoms with Gasteiger partial charge in [0.25, 0.3) is 0 Å². The van der Waals surface area contributed by atoms with Crippen LogP contribution in [0.15, 0.2) is 42.0 Å². The highest BCUT2D eigenvalue weighted by molar-refractivity contribution is 5.35. The third kappa shape index (κ3) is 8.06. The van der Waals surface area contributed by atoms with E-state index in [-0.39, 0.29) is 36.1 Å². The molecule has 3 rings (SSSR count). The Morgan fingerprint density at radius 2 is 1.35 bits per heavy atom. The summed E-state index contributed by atoms with van der Waals surface area (Å²) in [5.74, 6) is -8.06. The van der Waals surface area contributed by atoms with Crippen molar-refractivity contribution in [2.75, 3.05) is 0 Å². The summed E-state index contributed by atoms with van der Waals surface area (Å²) in [6.45, 7) is 2.11. The summed E-state index contributed by atoms with van der Waals surface area (Å²) in [5, 5.41) is 0. The van der Waals surface area contributed by atoms with Gasteiger partial charge in [0.1, 0.15) is 40.1 Å². The first-order chi connectivity index (χ1) is 18.6. The van der Waals surface area contributed by atoms with Crippen LogP contribution in [0.1, 0.15) is 75.8 Å². The van der Waals surface area contributed by atoms with Gasteiger partial charge in [0.15, 0.2) is 0 Å². The number of hydrogen-bond acceptors (Lipinski definition) is 2. The Morgan fingerprint density at radius 3 is 1.90 bits per heavy atom. The maximum Gasteiger partial charge on any atom is 0.429 e. The first-order valence-corrected chi connectivity index (χ1v) is 12.8. The van der Waals surface area contributed by atoms with Gasteiger partial charge in [-0.05, 0) is 37.3 Å². The van der Waals surface area contributed by atoms with E-state index in [1.807, 2.05) is 0 Å². The smallest absolute Gasteiger partial charge is 0.429 e. The van der Waals surface area contributed by atoms with Gasteiger partial charge in [-0.25, -0.2) is 13.2 Å². The summed E-state index contributed by atoms with van der Waals surface area (Å²) in [4.78, 5) is 0. The van der Waals surface area contributed by atoms with E-state index in [1.165, 1.54) is 6.08 Å². The van der Waals surface area contributed by atoms with E-state index in [0.29, 0.717) is 25.0 Å². The molecule has 12 heteroatoms. The SMILES string of the molecule is CCCCCCCC1CC=C(C(F)(F)Oc2ccc(C(F)(F)Oc3cc(F)c(C(F)(F)F)c(F)c3)c(F)c2)CC1. The average molecular weight is 587 g/mol. The van der Waals surface area contributed by atoms with Gasteiger partial charge in [0, 0.05) is 23.8 Å². The predicted octanol–water partition coefficient (Wildman–Crippen LogP) is 10.3. The van der Waals surface area contributed by atoms with Crippen molar-refractivity contribution in [2.45, 2.75) is 83.1 Å². The van der Waals surface area contributed by atoms with Gasteiger partial charge in [-0.15, -0.1) is 0 Å². The molecule has 0 saturated heterocycles. The monoisotopic (exact) mass is 586 g/mol. The van der Waals surface area contributed by atoms with Crippen molar-refractivity contribution in [3.63, 3.8) is 0 Å². The first kappa shape index (κ1) is 31.6. The van der Waals surface area contributed by atoms with Gasteiger partial charge in [0.2, 0.25) is 0 Å². The maximum absolute atomic E-state index is 14.7. The topological polar surface area (TPSA) is 18.5 Å². The molecule has 0 radical (unpaired) electrons. The highest BCUT2D eigenvalue weighted by atomic mass is 19.4. The standard InChI is InChI=1S/C28H28F10O2/c1-2-3-4-5-6-7-17-8-10-18(11-9-17)27(35,36)39-19-12-13-21(22(29)14-19)28(37,38)40-20-15-23(30)25(24(31)16-20)26(32,33)34/h10,12-17H,2-9,11H2,1H3. The van der Waals surface area contributed by atoms with Crippen molar-refractivity contribution in [1.29, 1.82) is 0 Å². The molecule has 0 saturated carbocycles. The van der Waals surface area contributed by atoms with E-state index in [9.17, 15) is 43.9 Å². The molecule has 0 aliphatic heterocycles. The number of unbranched alkanes of at least 4 members (excludes halogenated alkanes) is 4. The normalized spacial score (nSPS) is 16.6. The van der Waals surface area contributed by atoms with E-state index in [0.717, 1.165) is 38.5 Å². The Kier molecular flexibility index (Phi) is 10.1. The molecule has 0 heterocycles. The van der Waals surface area contributed by atoms with Crippen LogP contribution in [-0.4, -0.2) is 6.11 Å². The number of benzene rings is 2. The molecule has 2 nitrogen and oxygen atoms in total. The van der Waals surface area contributed by atoms with Gasteiger partial charge in [-0.1, -0.05) is 51.5 Å². The molecule has 2 aromatic rings. The molecule has 2 aromatic carbocycles. The van der Waals surface area contributed by atoms with Crippen molar-refractivity contribution < 1.29 is 53.4 Å². The highest BCUT2D eigenvalue weighted by Gasteiger charge is 2.42. The zero-order valence-corrected chi connectivity index (χ0v) is 21.5. The summed E-state index contributed by atoms with van der Waals surface area (Å²) < 4.78 is 147. The van der Waals surface area contributed by atoms with Crippen LogP contribution in [0.2, 0.25) is 0 Å². The molecule has 0 bridgehead atoms. The number of hydrogen-bond donors (Lipinski definition) is 0. The molecule has 0 fully saturated rings. The molecule has 0 amide bonds. The lowest BCUT2D eigenvalue weighted by atomic mass is 9.85. The molecule has 0 N–H and O–H groups in total. The van der Waals surface area contributed by atoms with E-state index in [1.54, 1.807) is 0 Å². The van der Waals surface area contributed by atoms with Gasteiger partial charge in [0.05, 0.1) is 0 Å². The number of halogens is 10. The second-order valence-electron chi connectivity index (χ2n) is 9.71. The maximum atomic E-state index is 14.7. The zero-order chi connectivity index (χ0) is 29.7. The first-order valence-electron chi connectivity index (χ1n) is 12.8. The van der Waals surface area contributed by atoms with Gasteiger partial charge >= 0.3 is 18.4 Å². The third-order valence-electron chi connectivity index (χ3n) is 6.65. The van der Waals surface area contributed by atoms with Gasteiger partial charge in [-0.2, -0.15) is 30.7 Å². The Bertz CT molecular complexity index is 1170. The molecular weight excluding hydrogens is 558 g/mol. The second-order valence-corrected chi connectivity index (χ2v) is 9.71. The van der Waals surface area contributed by atoms with Crippen LogP contribution in [0.5, 0.6) is 11.5 Å². The molecular formula is C28H28F10O2. The molecule has 1 unspecified atom stereocenters. The van der Waals surface area contributed by atoms with Crippen LogP contribution in [0.3, 0.4) is 0 Å². The molecule has 1 aliphatic rings.